The third-order valence-corrected chi connectivity index (χ3v) is 6.08. The van der Waals surface area contributed by atoms with E-state index in [0.29, 0.717) is 37.9 Å². The third kappa shape index (κ3) is 5.38. The lowest BCUT2D eigenvalue weighted by Crippen LogP contribution is -2.36. The number of morpholine rings is 1. The molecule has 31 heavy (non-hydrogen) atoms. The smallest absolute Gasteiger partial charge is 0.341 e. The van der Waals surface area contributed by atoms with Gasteiger partial charge in [0.15, 0.2) is 5.82 Å². The maximum Gasteiger partial charge on any atom is 0.341 e. The number of rotatable bonds is 8. The first-order chi connectivity index (χ1) is 15.1. The second-order valence-corrected chi connectivity index (χ2v) is 8.36. The summed E-state index contributed by atoms with van der Waals surface area (Å²) in [4.78, 5) is 32.3. The van der Waals surface area contributed by atoms with E-state index in [1.54, 1.807) is 18.3 Å². The predicted molar refractivity (Wildman–Crippen MR) is 120 cm³/mol. The summed E-state index contributed by atoms with van der Waals surface area (Å²) in [5, 5.41) is 3.45. The molecule has 3 aromatic rings. The molecule has 0 radical (unpaired) electrons. The highest BCUT2D eigenvalue weighted by atomic mass is 35.5. The van der Waals surface area contributed by atoms with Crippen LogP contribution in [0.3, 0.4) is 0 Å². The van der Waals surface area contributed by atoms with E-state index in [1.807, 2.05) is 0 Å². The quantitative estimate of drug-likeness (QED) is 0.307. The number of fused-ring (bicyclic) bond motifs is 1. The number of thiophene rings is 1. The Morgan fingerprint density at radius 3 is 2.81 bits per heavy atom. The van der Waals surface area contributed by atoms with Crippen molar-refractivity contribution in [2.45, 2.75) is 19.8 Å². The molecule has 0 atom stereocenters. The van der Waals surface area contributed by atoms with Crippen LogP contribution in [0.2, 0.25) is 5.28 Å². The second kappa shape index (κ2) is 10.2. The largest absolute Gasteiger partial charge is 0.462 e. The first-order valence-corrected chi connectivity index (χ1v) is 11.3. The minimum Gasteiger partial charge on any atom is -0.462 e. The average Bonchev–Trinajstić information content (AvgIpc) is 3.20. The third-order valence-electron chi connectivity index (χ3n) is 4.73. The molecule has 4 heterocycles. The van der Waals surface area contributed by atoms with Crippen LogP contribution < -0.4 is 10.2 Å². The van der Waals surface area contributed by atoms with Crippen LogP contribution in [0.15, 0.2) is 18.5 Å². The summed E-state index contributed by atoms with van der Waals surface area (Å²) in [5.74, 6) is 0.956. The number of ether oxygens (including phenoxy) is 2. The van der Waals surface area contributed by atoms with Crippen LogP contribution in [-0.4, -0.2) is 65.4 Å². The van der Waals surface area contributed by atoms with Crippen LogP contribution in [0.25, 0.3) is 10.2 Å². The summed E-state index contributed by atoms with van der Waals surface area (Å²) in [6.07, 6.45) is 4.71. The highest BCUT2D eigenvalue weighted by Gasteiger charge is 2.19. The number of hydrogen-bond donors (Lipinski definition) is 1. The molecule has 1 N–H and O–H groups in total. The minimum absolute atomic E-state index is 0.267. The Morgan fingerprint density at radius 2 is 2.06 bits per heavy atom. The Bertz CT molecular complexity index is 1040. The summed E-state index contributed by atoms with van der Waals surface area (Å²) < 4.78 is 11.4. The van der Waals surface area contributed by atoms with Crippen LogP contribution in [0.5, 0.6) is 0 Å². The second-order valence-electron chi connectivity index (χ2n) is 6.89. The molecule has 0 aromatic carbocycles. The molecule has 0 bridgehead atoms. The zero-order valence-electron chi connectivity index (χ0n) is 17.1. The van der Waals surface area contributed by atoms with E-state index < -0.39 is 5.97 Å². The minimum atomic E-state index is -0.418. The van der Waals surface area contributed by atoms with Crippen LogP contribution >= 0.6 is 22.9 Å². The van der Waals surface area contributed by atoms with Gasteiger partial charge in [-0.1, -0.05) is 0 Å². The SMILES string of the molecule is CCOC(=O)c1cnc(NCCCc2cc3nc(Cl)nc(N4CCOCC4)c3s2)nc1. The number of nitrogens with zero attached hydrogens (tertiary/aromatic N) is 5. The van der Waals surface area contributed by atoms with Crippen molar-refractivity contribution in [1.82, 2.24) is 19.9 Å². The Kier molecular flexibility index (Phi) is 7.10. The molecular formula is C20H23ClN6O3S. The van der Waals surface area contributed by atoms with Crippen molar-refractivity contribution in [3.8, 4) is 0 Å². The highest BCUT2D eigenvalue weighted by Crippen LogP contribution is 2.33. The number of aryl methyl sites for hydroxylation is 1. The molecule has 4 rings (SSSR count). The molecule has 1 saturated heterocycles. The van der Waals surface area contributed by atoms with E-state index in [1.165, 1.54) is 17.3 Å². The van der Waals surface area contributed by atoms with Gasteiger partial charge < -0.3 is 19.7 Å². The number of anilines is 2. The van der Waals surface area contributed by atoms with Gasteiger partial charge in [-0.15, -0.1) is 11.3 Å². The van der Waals surface area contributed by atoms with Crippen molar-refractivity contribution in [3.63, 3.8) is 0 Å². The Hall–Kier alpha value is -2.56. The van der Waals surface area contributed by atoms with Crippen molar-refractivity contribution in [2.24, 2.45) is 0 Å². The summed E-state index contributed by atoms with van der Waals surface area (Å²) in [6, 6.07) is 2.09. The molecule has 0 spiro atoms. The first-order valence-electron chi connectivity index (χ1n) is 10.2. The zero-order chi connectivity index (χ0) is 21.6. The molecule has 11 heteroatoms. The van der Waals surface area contributed by atoms with Crippen LogP contribution in [0, 0.1) is 0 Å². The molecule has 164 valence electrons. The van der Waals surface area contributed by atoms with Gasteiger partial charge in [-0.2, -0.15) is 4.98 Å². The Morgan fingerprint density at radius 1 is 1.29 bits per heavy atom. The number of aromatic nitrogens is 4. The molecule has 0 saturated carbocycles. The average molecular weight is 463 g/mol. The van der Waals surface area contributed by atoms with Gasteiger partial charge in [0.1, 0.15) is 0 Å². The van der Waals surface area contributed by atoms with Gasteiger partial charge in [0.25, 0.3) is 0 Å². The molecule has 1 aliphatic rings. The summed E-state index contributed by atoms with van der Waals surface area (Å²) in [5.41, 5.74) is 1.22. The van der Waals surface area contributed by atoms with Crippen LogP contribution in [0.1, 0.15) is 28.6 Å². The fourth-order valence-electron chi connectivity index (χ4n) is 3.25. The molecule has 3 aromatic heterocycles. The number of carbonyl (C=O) groups excluding carboxylic acids is 1. The van der Waals surface area contributed by atoms with E-state index >= 15 is 0 Å². The van der Waals surface area contributed by atoms with Crippen LogP contribution in [0.4, 0.5) is 11.8 Å². The Labute approximate surface area is 188 Å². The fraction of sp³-hybridized carbons (Fsp3) is 0.450. The van der Waals surface area contributed by atoms with Gasteiger partial charge in [0.05, 0.1) is 35.6 Å². The van der Waals surface area contributed by atoms with Gasteiger partial charge in [-0.25, -0.2) is 19.7 Å². The maximum absolute atomic E-state index is 11.6. The summed E-state index contributed by atoms with van der Waals surface area (Å²) in [6.45, 7) is 5.77. The van der Waals surface area contributed by atoms with Crippen molar-refractivity contribution < 1.29 is 14.3 Å². The van der Waals surface area contributed by atoms with E-state index in [0.717, 1.165) is 42.0 Å². The van der Waals surface area contributed by atoms with E-state index in [4.69, 9.17) is 21.1 Å². The monoisotopic (exact) mass is 462 g/mol. The van der Waals surface area contributed by atoms with Crippen molar-refractivity contribution >= 4 is 50.9 Å². The van der Waals surface area contributed by atoms with E-state index in [9.17, 15) is 4.79 Å². The number of nitrogens with one attached hydrogen (secondary N) is 1. The molecule has 0 amide bonds. The van der Waals surface area contributed by atoms with Gasteiger partial charge in [0.2, 0.25) is 11.2 Å². The van der Waals surface area contributed by atoms with Gasteiger partial charge in [-0.3, -0.25) is 0 Å². The first kappa shape index (κ1) is 21.7. The molecule has 0 unspecified atom stereocenters. The number of esters is 1. The normalized spacial score (nSPS) is 14.1. The van der Waals surface area contributed by atoms with Crippen molar-refractivity contribution in [1.29, 1.82) is 0 Å². The Balaban J connectivity index is 1.34. The van der Waals surface area contributed by atoms with E-state index in [-0.39, 0.29) is 5.28 Å². The van der Waals surface area contributed by atoms with E-state index in [2.05, 4.69) is 36.2 Å². The lowest BCUT2D eigenvalue weighted by molar-refractivity contribution is 0.0525. The molecule has 0 aliphatic carbocycles. The van der Waals surface area contributed by atoms with Crippen molar-refractivity contribution in [3.05, 3.63) is 34.2 Å². The topological polar surface area (TPSA) is 102 Å². The predicted octanol–water partition coefficient (Wildman–Crippen LogP) is 3.19. The molecule has 1 fully saturated rings. The zero-order valence-corrected chi connectivity index (χ0v) is 18.7. The van der Waals surface area contributed by atoms with Crippen molar-refractivity contribution in [2.75, 3.05) is 49.7 Å². The number of carbonyl (C=O) groups is 1. The maximum atomic E-state index is 11.6. The fourth-order valence-corrected chi connectivity index (χ4v) is 4.58. The lowest BCUT2D eigenvalue weighted by Gasteiger charge is -2.28. The van der Waals surface area contributed by atoms with Gasteiger partial charge in [0, 0.05) is 36.9 Å². The highest BCUT2D eigenvalue weighted by molar-refractivity contribution is 7.19. The number of hydrogen-bond acceptors (Lipinski definition) is 10. The van der Waals surface area contributed by atoms with Gasteiger partial charge >= 0.3 is 5.97 Å². The molecule has 9 nitrogen and oxygen atoms in total. The number of halogens is 1. The lowest BCUT2D eigenvalue weighted by atomic mass is 10.2. The van der Waals surface area contributed by atoms with Crippen LogP contribution in [-0.2, 0) is 15.9 Å². The molecular weight excluding hydrogens is 440 g/mol. The summed E-state index contributed by atoms with van der Waals surface area (Å²) in [7, 11) is 0. The van der Waals surface area contributed by atoms with Gasteiger partial charge in [-0.05, 0) is 37.4 Å². The molecule has 1 aliphatic heterocycles. The standard InChI is InChI=1S/C20H23ClN6O3S/c1-2-30-18(28)13-11-23-20(24-12-13)22-5-3-4-14-10-15-16(31-14)17(26-19(21)25-15)27-6-8-29-9-7-27/h10-12H,2-9H2,1H3,(H,22,23,24). The summed E-state index contributed by atoms with van der Waals surface area (Å²) >= 11 is 7.87.